The Morgan fingerprint density at radius 1 is 1.03 bits per heavy atom. The minimum absolute atomic E-state index is 0.0757. The first-order chi connectivity index (χ1) is 14.7. The highest BCUT2D eigenvalue weighted by atomic mass is 35.5. The van der Waals surface area contributed by atoms with Gasteiger partial charge in [0.15, 0.2) is 0 Å². The Kier molecular flexibility index (Phi) is 6.57. The van der Waals surface area contributed by atoms with Gasteiger partial charge in [-0.1, -0.05) is 47.5 Å². The maximum atomic E-state index is 13.0. The van der Waals surface area contributed by atoms with Crippen molar-refractivity contribution in [3.63, 3.8) is 0 Å². The molecule has 0 atom stereocenters. The minimum Gasteiger partial charge on any atom is -0.278 e. The number of benzene rings is 3. The highest BCUT2D eigenvalue weighted by Crippen LogP contribution is 2.30. The van der Waals surface area contributed by atoms with Crippen molar-refractivity contribution < 1.29 is 13.3 Å². The first kappa shape index (κ1) is 22.3. The van der Waals surface area contributed by atoms with Crippen molar-refractivity contribution in [3.05, 3.63) is 92.5 Å². The van der Waals surface area contributed by atoms with Crippen molar-refractivity contribution in [2.45, 2.75) is 18.7 Å². The van der Waals surface area contributed by atoms with E-state index in [0.717, 1.165) is 22.8 Å². The van der Waals surface area contributed by atoms with Gasteiger partial charge in [0, 0.05) is 12.1 Å². The van der Waals surface area contributed by atoms with Gasteiger partial charge in [-0.05, 0) is 43.2 Å². The molecular weight excluding hydrogens is 440 g/mol. The quantitative estimate of drug-likeness (QED) is 0.290. The van der Waals surface area contributed by atoms with Crippen LogP contribution in [-0.2, 0) is 10.0 Å². The van der Waals surface area contributed by atoms with E-state index >= 15 is 0 Å². The molecule has 0 saturated carbocycles. The molecule has 2 N–H and O–H groups in total. The van der Waals surface area contributed by atoms with Crippen molar-refractivity contribution >= 4 is 44.9 Å². The summed E-state index contributed by atoms with van der Waals surface area (Å²) in [5, 5.41) is 15.5. The van der Waals surface area contributed by atoms with Crippen molar-refractivity contribution in [3.8, 4) is 0 Å². The van der Waals surface area contributed by atoms with Gasteiger partial charge in [0.05, 0.1) is 27.5 Å². The van der Waals surface area contributed by atoms with Gasteiger partial charge in [0.2, 0.25) is 0 Å². The van der Waals surface area contributed by atoms with Crippen LogP contribution in [-0.4, -0.2) is 19.6 Å². The molecule has 0 aliphatic carbocycles. The Balaban J connectivity index is 1.97. The number of hydrazone groups is 1. The molecule has 10 heteroatoms. The molecule has 0 fully saturated rings. The Hall–Kier alpha value is -3.43. The zero-order valence-electron chi connectivity index (χ0n) is 16.7. The van der Waals surface area contributed by atoms with Gasteiger partial charge in [0.25, 0.3) is 15.7 Å². The van der Waals surface area contributed by atoms with E-state index in [1.807, 2.05) is 32.0 Å². The smallest absolute Gasteiger partial charge is 0.270 e. The number of rotatable bonds is 7. The van der Waals surface area contributed by atoms with Gasteiger partial charge in [0.1, 0.15) is 4.90 Å². The summed E-state index contributed by atoms with van der Waals surface area (Å²) >= 11 is 6.04. The molecule has 0 radical (unpaired) electrons. The van der Waals surface area contributed by atoms with Crippen LogP contribution in [0.25, 0.3) is 0 Å². The Morgan fingerprint density at radius 3 is 2.48 bits per heavy atom. The highest BCUT2D eigenvalue weighted by molar-refractivity contribution is 7.93. The van der Waals surface area contributed by atoms with Gasteiger partial charge < -0.3 is 0 Å². The summed E-state index contributed by atoms with van der Waals surface area (Å²) < 4.78 is 28.4. The topological polar surface area (TPSA) is 114 Å². The maximum Gasteiger partial charge on any atom is 0.270 e. The van der Waals surface area contributed by atoms with E-state index in [0.29, 0.717) is 0 Å². The molecule has 0 unspecified atom stereocenters. The van der Waals surface area contributed by atoms with E-state index < -0.39 is 14.9 Å². The largest absolute Gasteiger partial charge is 0.278 e. The fourth-order valence-electron chi connectivity index (χ4n) is 2.75. The van der Waals surface area contributed by atoms with E-state index in [4.69, 9.17) is 11.6 Å². The summed E-state index contributed by atoms with van der Waals surface area (Å²) in [6.45, 7) is 3.88. The van der Waals surface area contributed by atoms with Crippen LogP contribution in [0.5, 0.6) is 0 Å². The van der Waals surface area contributed by atoms with E-state index in [-0.39, 0.29) is 27.0 Å². The van der Waals surface area contributed by atoms with Crippen LogP contribution < -0.4 is 10.1 Å². The van der Waals surface area contributed by atoms with Gasteiger partial charge in [-0.3, -0.25) is 20.3 Å². The van der Waals surface area contributed by atoms with Gasteiger partial charge >= 0.3 is 0 Å². The van der Waals surface area contributed by atoms with Gasteiger partial charge in [-0.15, -0.1) is 0 Å². The highest BCUT2D eigenvalue weighted by Gasteiger charge is 2.23. The van der Waals surface area contributed by atoms with Crippen LogP contribution >= 0.6 is 11.6 Å². The predicted octanol–water partition coefficient (Wildman–Crippen LogP) is 5.11. The third-order valence-corrected chi connectivity index (χ3v) is 6.14. The lowest BCUT2D eigenvalue weighted by Crippen LogP contribution is -2.15. The molecule has 0 amide bonds. The molecule has 8 nitrogen and oxygen atoms in total. The number of para-hydroxylation sites is 1. The van der Waals surface area contributed by atoms with Crippen LogP contribution in [0.1, 0.15) is 16.7 Å². The Bertz CT molecular complexity index is 1280. The second-order valence-corrected chi connectivity index (χ2v) is 8.81. The van der Waals surface area contributed by atoms with E-state index in [9.17, 15) is 18.5 Å². The number of aryl methyl sites for hydroxylation is 2. The van der Waals surface area contributed by atoms with E-state index in [2.05, 4.69) is 15.2 Å². The summed E-state index contributed by atoms with van der Waals surface area (Å²) in [5.41, 5.74) is 5.43. The van der Waals surface area contributed by atoms with E-state index in [1.165, 1.54) is 24.3 Å². The fourth-order valence-corrected chi connectivity index (χ4v) is 4.25. The minimum atomic E-state index is -4.21. The van der Waals surface area contributed by atoms with Crippen molar-refractivity contribution in [2.24, 2.45) is 5.10 Å². The van der Waals surface area contributed by atoms with Crippen molar-refractivity contribution in [2.75, 3.05) is 10.1 Å². The molecule has 0 aliphatic heterocycles. The average molecular weight is 459 g/mol. The number of nitrogens with one attached hydrogen (secondary N) is 2. The number of nitrogens with zero attached hydrogens (tertiary/aromatic N) is 2. The number of sulfonamides is 1. The zero-order valence-corrected chi connectivity index (χ0v) is 18.2. The summed E-state index contributed by atoms with van der Waals surface area (Å²) in [7, 11) is -4.21. The number of hydrogen-bond acceptors (Lipinski definition) is 6. The number of nitro benzene ring substituents is 1. The number of nitro groups is 1. The summed E-state index contributed by atoms with van der Waals surface area (Å²) in [6, 6.07) is 15.6. The summed E-state index contributed by atoms with van der Waals surface area (Å²) in [5.74, 6) is 0. The molecular formula is C21H19ClN4O4S. The van der Waals surface area contributed by atoms with Gasteiger partial charge in [-0.25, -0.2) is 8.42 Å². The molecule has 0 aromatic heterocycles. The SMILES string of the molecule is Cc1ccc(C)c(/C=N/Nc2ccc([N+](=O)[O-])cc2S(=O)(=O)Nc2ccccc2Cl)c1. The molecule has 160 valence electrons. The maximum absolute atomic E-state index is 13.0. The summed E-state index contributed by atoms with van der Waals surface area (Å²) in [6.07, 6.45) is 1.56. The number of non-ortho nitro benzene ring substituents is 1. The van der Waals surface area contributed by atoms with Crippen LogP contribution in [0.4, 0.5) is 17.1 Å². The number of anilines is 2. The normalized spacial score (nSPS) is 11.5. The number of halogens is 1. The van der Waals surface area contributed by atoms with Crippen LogP contribution in [0.15, 0.2) is 70.7 Å². The van der Waals surface area contributed by atoms with Crippen molar-refractivity contribution in [1.29, 1.82) is 0 Å². The monoisotopic (exact) mass is 458 g/mol. The lowest BCUT2D eigenvalue weighted by Gasteiger charge is -2.13. The summed E-state index contributed by atoms with van der Waals surface area (Å²) in [4.78, 5) is 10.2. The second-order valence-electron chi connectivity index (χ2n) is 6.75. The molecule has 3 aromatic rings. The van der Waals surface area contributed by atoms with E-state index in [1.54, 1.807) is 18.3 Å². The third-order valence-electron chi connectivity index (χ3n) is 4.41. The lowest BCUT2D eigenvalue weighted by atomic mass is 10.1. The molecule has 0 aliphatic rings. The first-order valence-corrected chi connectivity index (χ1v) is 11.0. The number of hydrogen-bond donors (Lipinski definition) is 2. The fraction of sp³-hybridized carbons (Fsp3) is 0.0952. The zero-order chi connectivity index (χ0) is 22.6. The average Bonchev–Trinajstić information content (AvgIpc) is 2.72. The predicted molar refractivity (Wildman–Crippen MR) is 122 cm³/mol. The van der Waals surface area contributed by atoms with Crippen LogP contribution in [0, 0.1) is 24.0 Å². The lowest BCUT2D eigenvalue weighted by molar-refractivity contribution is -0.385. The van der Waals surface area contributed by atoms with Gasteiger partial charge in [-0.2, -0.15) is 5.10 Å². The van der Waals surface area contributed by atoms with Crippen molar-refractivity contribution in [1.82, 2.24) is 0 Å². The third kappa shape index (κ3) is 5.39. The van der Waals surface area contributed by atoms with Crippen LogP contribution in [0.3, 0.4) is 0 Å². The molecule has 3 aromatic carbocycles. The molecule has 0 bridgehead atoms. The molecule has 0 saturated heterocycles. The molecule has 0 spiro atoms. The van der Waals surface area contributed by atoms with Crippen LogP contribution in [0.2, 0.25) is 5.02 Å². The standard InChI is InChI=1S/C21H19ClN4O4S/c1-14-7-8-15(2)16(11-14)13-23-24-20-10-9-17(26(27)28)12-21(20)31(29,30)25-19-6-4-3-5-18(19)22/h3-13,24-25H,1-2H3/b23-13+. The Labute approximate surface area is 184 Å². The first-order valence-electron chi connectivity index (χ1n) is 9.09. The molecule has 31 heavy (non-hydrogen) atoms. The molecule has 3 rings (SSSR count). The molecule has 0 heterocycles. The second kappa shape index (κ2) is 9.15. The Morgan fingerprint density at radius 2 is 1.77 bits per heavy atom.